The Balaban J connectivity index is 2.23. The molecule has 0 radical (unpaired) electrons. The van der Waals surface area contributed by atoms with Crippen molar-refractivity contribution in [2.24, 2.45) is 0 Å². The smallest absolute Gasteiger partial charge is 0.258 e. The van der Waals surface area contributed by atoms with Crippen molar-refractivity contribution in [3.05, 3.63) is 53.6 Å². The third-order valence-electron chi connectivity index (χ3n) is 3.46. The maximum atomic E-state index is 12.4. The van der Waals surface area contributed by atoms with Gasteiger partial charge in [0.2, 0.25) is 0 Å². The van der Waals surface area contributed by atoms with E-state index in [1.165, 1.54) is 18.7 Å². The number of ether oxygens (including phenoxy) is 1. The largest absolute Gasteiger partial charge is 0.504 e. The number of hydrogen-bond acceptors (Lipinski definition) is 3. The third kappa shape index (κ3) is 3.16. The Hall–Kier alpha value is -2.49. The van der Waals surface area contributed by atoms with Crippen molar-refractivity contribution in [3.8, 4) is 11.5 Å². The fraction of sp³-hybridized carbons (Fsp3) is 0.235. The summed E-state index contributed by atoms with van der Waals surface area (Å²) in [5, 5.41) is 9.77. The molecular weight excluding hydrogens is 266 g/mol. The maximum absolute atomic E-state index is 12.4. The molecule has 0 aliphatic carbocycles. The Morgan fingerprint density at radius 2 is 1.86 bits per heavy atom. The van der Waals surface area contributed by atoms with E-state index in [2.05, 4.69) is 6.92 Å². The molecule has 2 aromatic carbocycles. The monoisotopic (exact) mass is 285 g/mol. The molecule has 0 atom stereocenters. The Bertz CT molecular complexity index is 635. The number of rotatable bonds is 4. The number of methoxy groups -OCH3 is 1. The molecule has 1 N–H and O–H groups in total. The van der Waals surface area contributed by atoms with Gasteiger partial charge in [-0.3, -0.25) is 4.79 Å². The summed E-state index contributed by atoms with van der Waals surface area (Å²) in [6.45, 7) is 2.09. The molecule has 0 aromatic heterocycles. The van der Waals surface area contributed by atoms with E-state index in [0.717, 1.165) is 12.1 Å². The first kappa shape index (κ1) is 14.9. The quantitative estimate of drug-likeness (QED) is 0.938. The second kappa shape index (κ2) is 6.31. The van der Waals surface area contributed by atoms with Crippen LogP contribution in [0.4, 0.5) is 5.69 Å². The van der Waals surface area contributed by atoms with Gasteiger partial charge in [0.1, 0.15) is 0 Å². The van der Waals surface area contributed by atoms with Crippen molar-refractivity contribution in [3.63, 3.8) is 0 Å². The van der Waals surface area contributed by atoms with E-state index in [-0.39, 0.29) is 11.7 Å². The van der Waals surface area contributed by atoms with Gasteiger partial charge >= 0.3 is 0 Å². The van der Waals surface area contributed by atoms with Gasteiger partial charge in [0.15, 0.2) is 11.5 Å². The molecule has 0 spiro atoms. The van der Waals surface area contributed by atoms with Crippen LogP contribution in [0.3, 0.4) is 0 Å². The number of aromatic hydroxyl groups is 1. The Labute approximate surface area is 124 Å². The van der Waals surface area contributed by atoms with Crippen LogP contribution in [0.1, 0.15) is 22.8 Å². The van der Waals surface area contributed by atoms with Crippen molar-refractivity contribution in [1.29, 1.82) is 0 Å². The third-order valence-corrected chi connectivity index (χ3v) is 3.46. The predicted octanol–water partition coefficient (Wildman–Crippen LogP) is 3.24. The van der Waals surface area contributed by atoms with Gasteiger partial charge in [-0.05, 0) is 42.3 Å². The van der Waals surface area contributed by atoms with E-state index in [9.17, 15) is 9.90 Å². The predicted molar refractivity (Wildman–Crippen MR) is 83.2 cm³/mol. The highest BCUT2D eigenvalue weighted by Crippen LogP contribution is 2.27. The van der Waals surface area contributed by atoms with E-state index in [4.69, 9.17) is 4.74 Å². The van der Waals surface area contributed by atoms with Gasteiger partial charge in [0.25, 0.3) is 5.91 Å². The Morgan fingerprint density at radius 1 is 1.19 bits per heavy atom. The second-order valence-electron chi connectivity index (χ2n) is 4.77. The summed E-state index contributed by atoms with van der Waals surface area (Å²) in [5.41, 5.74) is 2.45. The average Bonchev–Trinajstić information content (AvgIpc) is 2.53. The van der Waals surface area contributed by atoms with Gasteiger partial charge in [0, 0.05) is 18.3 Å². The first-order chi connectivity index (χ1) is 10.1. The minimum Gasteiger partial charge on any atom is -0.504 e. The normalized spacial score (nSPS) is 10.2. The van der Waals surface area contributed by atoms with Crippen LogP contribution < -0.4 is 9.64 Å². The van der Waals surface area contributed by atoms with Gasteiger partial charge in [0.05, 0.1) is 7.11 Å². The van der Waals surface area contributed by atoms with Gasteiger partial charge in [-0.15, -0.1) is 0 Å². The number of benzene rings is 2. The molecule has 4 heteroatoms. The van der Waals surface area contributed by atoms with E-state index in [1.807, 2.05) is 24.3 Å². The number of nitrogens with zero attached hydrogens (tertiary/aromatic N) is 1. The average molecular weight is 285 g/mol. The van der Waals surface area contributed by atoms with E-state index >= 15 is 0 Å². The molecular formula is C17H19NO3. The van der Waals surface area contributed by atoms with Crippen LogP contribution in [0.15, 0.2) is 42.5 Å². The van der Waals surface area contributed by atoms with E-state index in [1.54, 1.807) is 24.1 Å². The molecule has 0 saturated carbocycles. The molecule has 2 rings (SSSR count). The lowest BCUT2D eigenvalue weighted by Crippen LogP contribution is -2.26. The fourth-order valence-corrected chi connectivity index (χ4v) is 2.09. The van der Waals surface area contributed by atoms with Gasteiger partial charge < -0.3 is 14.7 Å². The molecule has 1 amide bonds. The number of hydrogen-bond donors (Lipinski definition) is 1. The highest BCUT2D eigenvalue weighted by molar-refractivity contribution is 6.06. The molecule has 0 fully saturated rings. The summed E-state index contributed by atoms with van der Waals surface area (Å²) < 4.78 is 4.98. The molecule has 2 aromatic rings. The number of amides is 1. The van der Waals surface area contributed by atoms with Crippen molar-refractivity contribution >= 4 is 11.6 Å². The van der Waals surface area contributed by atoms with Crippen LogP contribution >= 0.6 is 0 Å². The molecule has 0 bridgehead atoms. The van der Waals surface area contributed by atoms with E-state index in [0.29, 0.717) is 11.3 Å². The minimum absolute atomic E-state index is 0.0434. The molecule has 0 aliphatic rings. The molecule has 0 heterocycles. The van der Waals surface area contributed by atoms with Crippen LogP contribution in [-0.2, 0) is 6.42 Å². The first-order valence-electron chi connectivity index (χ1n) is 6.80. The van der Waals surface area contributed by atoms with E-state index < -0.39 is 0 Å². The first-order valence-corrected chi connectivity index (χ1v) is 6.80. The van der Waals surface area contributed by atoms with Crippen molar-refractivity contribution < 1.29 is 14.6 Å². The molecule has 21 heavy (non-hydrogen) atoms. The van der Waals surface area contributed by atoms with Crippen LogP contribution in [0.25, 0.3) is 0 Å². The summed E-state index contributed by atoms with van der Waals surface area (Å²) in [6, 6.07) is 12.5. The highest BCUT2D eigenvalue weighted by Gasteiger charge is 2.15. The maximum Gasteiger partial charge on any atom is 0.258 e. The summed E-state index contributed by atoms with van der Waals surface area (Å²) in [5.74, 6) is 0.122. The van der Waals surface area contributed by atoms with Crippen LogP contribution in [-0.4, -0.2) is 25.2 Å². The molecule has 4 nitrogen and oxygen atoms in total. The van der Waals surface area contributed by atoms with Gasteiger partial charge in [-0.1, -0.05) is 19.1 Å². The lowest BCUT2D eigenvalue weighted by Gasteiger charge is -2.18. The summed E-state index contributed by atoms with van der Waals surface area (Å²) >= 11 is 0. The topological polar surface area (TPSA) is 49.8 Å². The lowest BCUT2D eigenvalue weighted by molar-refractivity contribution is 0.0992. The van der Waals surface area contributed by atoms with Gasteiger partial charge in [-0.2, -0.15) is 0 Å². The number of carbonyl (C=O) groups is 1. The summed E-state index contributed by atoms with van der Waals surface area (Å²) in [4.78, 5) is 14.0. The molecule has 0 aliphatic heterocycles. The standard InChI is InChI=1S/C17H19NO3/c1-4-12-5-8-14(9-6-12)18(2)17(20)13-7-10-16(21-3)15(19)11-13/h5-11,19H,4H2,1-3H3. The number of phenolic OH excluding ortho intramolecular Hbond substituents is 1. The Morgan fingerprint density at radius 3 is 2.38 bits per heavy atom. The minimum atomic E-state index is -0.183. The van der Waals surface area contributed by atoms with Crippen molar-refractivity contribution in [2.75, 3.05) is 19.1 Å². The Kier molecular flexibility index (Phi) is 4.48. The summed E-state index contributed by atoms with van der Waals surface area (Å²) in [7, 11) is 3.18. The number of carbonyl (C=O) groups excluding carboxylic acids is 1. The number of aryl methyl sites for hydroxylation is 1. The molecule has 0 saturated heterocycles. The number of phenols is 1. The highest BCUT2D eigenvalue weighted by atomic mass is 16.5. The zero-order valence-electron chi connectivity index (χ0n) is 12.5. The van der Waals surface area contributed by atoms with Crippen molar-refractivity contribution in [2.45, 2.75) is 13.3 Å². The second-order valence-corrected chi connectivity index (χ2v) is 4.77. The summed E-state index contributed by atoms with van der Waals surface area (Å²) in [6.07, 6.45) is 0.963. The van der Waals surface area contributed by atoms with Crippen LogP contribution in [0, 0.1) is 0 Å². The van der Waals surface area contributed by atoms with Gasteiger partial charge in [-0.25, -0.2) is 0 Å². The fourth-order valence-electron chi connectivity index (χ4n) is 2.09. The van der Waals surface area contributed by atoms with Crippen molar-refractivity contribution in [1.82, 2.24) is 0 Å². The SMILES string of the molecule is CCc1ccc(N(C)C(=O)c2ccc(OC)c(O)c2)cc1. The lowest BCUT2D eigenvalue weighted by atomic mass is 10.1. The zero-order valence-corrected chi connectivity index (χ0v) is 12.5. The zero-order chi connectivity index (χ0) is 15.4. The van der Waals surface area contributed by atoms with Crippen LogP contribution in [0.5, 0.6) is 11.5 Å². The molecule has 0 unspecified atom stereocenters. The number of anilines is 1. The van der Waals surface area contributed by atoms with Crippen LogP contribution in [0.2, 0.25) is 0 Å². The molecule has 110 valence electrons.